The Kier molecular flexibility index (Phi) is 6.00. The number of halogens is 5. The molecule has 0 unspecified atom stereocenters. The standard InChI is InChI=1S/C28H21F5N4O3/c29-27(30)14-37(15-27)25(38)17-3-1-16(2-4-17)19-7-20-8-22(40-24(20)23(9-19)28(31,32)33)11-35-26(39)36-12-18-5-6-34-10-21(18)13-36/h1-10H,11-15H2,(H,35,39). The van der Waals surface area contributed by atoms with Crippen LogP contribution < -0.4 is 5.32 Å². The highest BCUT2D eigenvalue weighted by atomic mass is 19.4. The summed E-state index contributed by atoms with van der Waals surface area (Å²) in [6.45, 7) is -0.652. The zero-order valence-corrected chi connectivity index (χ0v) is 20.8. The Hall–Kier alpha value is -4.48. The Labute approximate surface area is 224 Å². The molecule has 0 radical (unpaired) electrons. The molecule has 6 rings (SSSR count). The number of rotatable bonds is 4. The summed E-state index contributed by atoms with van der Waals surface area (Å²) < 4.78 is 73.7. The van der Waals surface area contributed by atoms with Crippen LogP contribution in [0.1, 0.15) is 32.8 Å². The van der Waals surface area contributed by atoms with E-state index in [0.29, 0.717) is 18.7 Å². The van der Waals surface area contributed by atoms with E-state index in [-0.39, 0.29) is 40.4 Å². The van der Waals surface area contributed by atoms with E-state index >= 15 is 0 Å². The summed E-state index contributed by atoms with van der Waals surface area (Å²) in [5, 5.41) is 2.88. The number of aromatic nitrogens is 1. The molecule has 7 nitrogen and oxygen atoms in total. The molecule has 4 heterocycles. The molecule has 2 aromatic heterocycles. The second-order valence-corrected chi connectivity index (χ2v) is 9.91. The zero-order chi connectivity index (χ0) is 28.2. The number of urea groups is 1. The number of benzene rings is 2. The Morgan fingerprint density at radius 1 is 0.950 bits per heavy atom. The van der Waals surface area contributed by atoms with E-state index in [1.54, 1.807) is 17.3 Å². The van der Waals surface area contributed by atoms with Crippen molar-refractivity contribution in [1.82, 2.24) is 20.1 Å². The molecule has 0 aliphatic carbocycles. The van der Waals surface area contributed by atoms with Gasteiger partial charge in [0.1, 0.15) is 11.3 Å². The van der Waals surface area contributed by atoms with Crippen molar-refractivity contribution in [3.63, 3.8) is 0 Å². The van der Waals surface area contributed by atoms with Gasteiger partial charge in [0.2, 0.25) is 0 Å². The summed E-state index contributed by atoms with van der Waals surface area (Å²) >= 11 is 0. The molecule has 1 saturated heterocycles. The van der Waals surface area contributed by atoms with Gasteiger partial charge < -0.3 is 19.5 Å². The third kappa shape index (κ3) is 4.85. The number of amides is 3. The van der Waals surface area contributed by atoms with Gasteiger partial charge in [-0.15, -0.1) is 0 Å². The Morgan fingerprint density at radius 2 is 1.68 bits per heavy atom. The SMILES string of the molecule is O=C(NCc1cc2cc(-c3ccc(C(=O)N4CC(F)(F)C4)cc3)cc(C(F)(F)F)c2o1)N1Cc2ccncc2C1. The number of likely N-dealkylation sites (tertiary alicyclic amines) is 1. The van der Waals surface area contributed by atoms with Crippen molar-refractivity contribution >= 4 is 22.9 Å². The summed E-state index contributed by atoms with van der Waals surface area (Å²) in [5.41, 5.74) is 1.37. The predicted octanol–water partition coefficient (Wildman–Crippen LogP) is 5.83. The zero-order valence-electron chi connectivity index (χ0n) is 20.8. The van der Waals surface area contributed by atoms with Crippen molar-refractivity contribution in [3.05, 3.63) is 88.9 Å². The first-order valence-corrected chi connectivity index (χ1v) is 12.3. The minimum absolute atomic E-state index is 0.113. The number of carbonyl (C=O) groups is 2. The van der Waals surface area contributed by atoms with Crippen LogP contribution in [0.3, 0.4) is 0 Å². The first kappa shape index (κ1) is 25.8. The van der Waals surface area contributed by atoms with Gasteiger partial charge >= 0.3 is 12.2 Å². The lowest BCUT2D eigenvalue weighted by molar-refractivity contribution is -0.136. The number of nitrogens with one attached hydrogen (secondary N) is 1. The molecule has 0 atom stereocenters. The quantitative estimate of drug-likeness (QED) is 0.321. The van der Waals surface area contributed by atoms with Crippen LogP contribution in [0.5, 0.6) is 0 Å². The van der Waals surface area contributed by atoms with Crippen LogP contribution in [0.15, 0.2) is 65.3 Å². The highest BCUT2D eigenvalue weighted by Gasteiger charge is 2.46. The van der Waals surface area contributed by atoms with Crippen molar-refractivity contribution in [2.24, 2.45) is 0 Å². The molecule has 0 saturated carbocycles. The van der Waals surface area contributed by atoms with Crippen LogP contribution in [0.4, 0.5) is 26.7 Å². The second kappa shape index (κ2) is 9.32. The summed E-state index contributed by atoms with van der Waals surface area (Å²) in [6, 6.07) is 11.1. The third-order valence-corrected chi connectivity index (χ3v) is 7.00. The Bertz CT molecular complexity index is 1600. The molecule has 12 heteroatoms. The molecular weight excluding hydrogens is 535 g/mol. The molecule has 2 aliphatic rings. The maximum Gasteiger partial charge on any atom is 0.420 e. The number of hydrogen-bond acceptors (Lipinski definition) is 4. The fourth-order valence-electron chi connectivity index (χ4n) is 4.95. The lowest BCUT2D eigenvalue weighted by Crippen LogP contribution is -2.58. The number of furan rings is 1. The van der Waals surface area contributed by atoms with Gasteiger partial charge in [0.15, 0.2) is 0 Å². The van der Waals surface area contributed by atoms with E-state index in [4.69, 9.17) is 4.42 Å². The maximum atomic E-state index is 14.0. The molecule has 3 amide bonds. The highest BCUT2D eigenvalue weighted by molar-refractivity contribution is 5.95. The number of pyridine rings is 1. The van der Waals surface area contributed by atoms with Crippen LogP contribution >= 0.6 is 0 Å². The van der Waals surface area contributed by atoms with Crippen LogP contribution in [-0.4, -0.2) is 45.7 Å². The first-order chi connectivity index (χ1) is 19.0. The smallest absolute Gasteiger partial charge is 0.420 e. The number of fused-ring (bicyclic) bond motifs is 2. The normalized spacial score (nSPS) is 16.1. The average Bonchev–Trinajstić information content (AvgIpc) is 3.53. The minimum atomic E-state index is -4.72. The molecule has 40 heavy (non-hydrogen) atoms. The monoisotopic (exact) mass is 556 g/mol. The number of hydrogen-bond donors (Lipinski definition) is 1. The highest BCUT2D eigenvalue weighted by Crippen LogP contribution is 2.39. The number of nitrogens with zero attached hydrogens (tertiary/aromatic N) is 3. The molecule has 1 N–H and O–H groups in total. The first-order valence-electron chi connectivity index (χ1n) is 12.3. The predicted molar refractivity (Wildman–Crippen MR) is 133 cm³/mol. The van der Waals surface area contributed by atoms with E-state index in [2.05, 4.69) is 10.3 Å². The largest absolute Gasteiger partial charge is 0.459 e. The molecule has 0 bridgehead atoms. The van der Waals surface area contributed by atoms with Gasteiger partial charge in [0.25, 0.3) is 11.8 Å². The fraction of sp³-hybridized carbons (Fsp3) is 0.250. The Balaban J connectivity index is 1.21. The van der Waals surface area contributed by atoms with Gasteiger partial charge in [-0.3, -0.25) is 9.78 Å². The average molecular weight is 556 g/mol. The van der Waals surface area contributed by atoms with Gasteiger partial charge in [-0.05, 0) is 58.7 Å². The van der Waals surface area contributed by atoms with Gasteiger partial charge in [0.05, 0.1) is 25.2 Å². The van der Waals surface area contributed by atoms with Gasteiger partial charge in [0, 0.05) is 36.4 Å². The van der Waals surface area contributed by atoms with E-state index in [9.17, 15) is 31.5 Å². The molecule has 1 fully saturated rings. The third-order valence-electron chi connectivity index (χ3n) is 7.00. The van der Waals surface area contributed by atoms with Gasteiger partial charge in [-0.1, -0.05) is 12.1 Å². The van der Waals surface area contributed by atoms with Gasteiger partial charge in [-0.25, -0.2) is 13.6 Å². The summed E-state index contributed by atoms with van der Waals surface area (Å²) in [4.78, 5) is 31.6. The number of carbonyl (C=O) groups excluding carboxylic acids is 2. The van der Waals surface area contributed by atoms with Crippen molar-refractivity contribution in [2.75, 3.05) is 13.1 Å². The topological polar surface area (TPSA) is 78.7 Å². The maximum absolute atomic E-state index is 14.0. The second-order valence-electron chi connectivity index (χ2n) is 9.91. The fourth-order valence-corrected chi connectivity index (χ4v) is 4.95. The molecule has 2 aliphatic heterocycles. The lowest BCUT2D eigenvalue weighted by atomic mass is 9.98. The van der Waals surface area contributed by atoms with Crippen LogP contribution in [-0.2, 0) is 25.8 Å². The van der Waals surface area contributed by atoms with Crippen LogP contribution in [0.2, 0.25) is 0 Å². The lowest BCUT2D eigenvalue weighted by Gasteiger charge is -2.38. The minimum Gasteiger partial charge on any atom is -0.459 e. The van der Waals surface area contributed by atoms with E-state index in [1.807, 2.05) is 6.07 Å². The van der Waals surface area contributed by atoms with E-state index in [0.717, 1.165) is 22.1 Å². The molecule has 206 valence electrons. The molecule has 0 spiro atoms. The van der Waals surface area contributed by atoms with Crippen LogP contribution in [0.25, 0.3) is 22.1 Å². The summed E-state index contributed by atoms with van der Waals surface area (Å²) in [6.07, 6.45) is -1.39. The number of alkyl halides is 5. The molecule has 4 aromatic rings. The molecule has 2 aromatic carbocycles. The van der Waals surface area contributed by atoms with Crippen molar-refractivity contribution in [1.29, 1.82) is 0 Å². The van der Waals surface area contributed by atoms with Gasteiger partial charge in [-0.2, -0.15) is 13.2 Å². The van der Waals surface area contributed by atoms with E-state index < -0.39 is 36.7 Å². The van der Waals surface area contributed by atoms with Crippen molar-refractivity contribution in [2.45, 2.75) is 31.7 Å². The summed E-state index contributed by atoms with van der Waals surface area (Å²) in [7, 11) is 0. The van der Waals surface area contributed by atoms with Crippen molar-refractivity contribution in [3.8, 4) is 11.1 Å². The van der Waals surface area contributed by atoms with E-state index in [1.165, 1.54) is 36.4 Å². The summed E-state index contributed by atoms with van der Waals surface area (Å²) in [5.74, 6) is -3.32. The molecular formula is C28H21F5N4O3. The van der Waals surface area contributed by atoms with Crippen LogP contribution in [0, 0.1) is 0 Å². The Morgan fingerprint density at radius 3 is 2.35 bits per heavy atom. The van der Waals surface area contributed by atoms with Crippen molar-refractivity contribution < 1.29 is 36.0 Å².